The summed E-state index contributed by atoms with van der Waals surface area (Å²) in [5.74, 6) is 0. The highest BCUT2D eigenvalue weighted by Gasteiger charge is 2.29. The van der Waals surface area contributed by atoms with Gasteiger partial charge in [-0.15, -0.1) is 0 Å². The van der Waals surface area contributed by atoms with Crippen LogP contribution in [0.2, 0.25) is 5.02 Å². The van der Waals surface area contributed by atoms with Gasteiger partial charge in [0, 0.05) is 31.7 Å². The Hall–Kier alpha value is -0.770. The molecule has 0 spiro atoms. The van der Waals surface area contributed by atoms with Crippen LogP contribution < -0.4 is 10.6 Å². The van der Waals surface area contributed by atoms with Crippen LogP contribution in [0.4, 0.5) is 5.69 Å². The van der Waals surface area contributed by atoms with Gasteiger partial charge in [-0.3, -0.25) is 4.90 Å². The minimum atomic E-state index is 0.0386. The third kappa shape index (κ3) is 2.80. The number of nitrogens with zero attached hydrogens (tertiary/aromatic N) is 2. The fraction of sp³-hybridized carbons (Fsp3) is 0.625. The molecule has 0 bridgehead atoms. The Labute approximate surface area is 126 Å². The number of hydrogen-bond donors (Lipinski definition) is 1. The maximum absolute atomic E-state index is 6.47. The molecule has 2 unspecified atom stereocenters. The Morgan fingerprint density at radius 3 is 2.85 bits per heavy atom. The van der Waals surface area contributed by atoms with Gasteiger partial charge in [-0.2, -0.15) is 0 Å². The van der Waals surface area contributed by atoms with E-state index in [2.05, 4.69) is 21.9 Å². The molecule has 2 fully saturated rings. The summed E-state index contributed by atoms with van der Waals surface area (Å²) in [6, 6.07) is 7.02. The Morgan fingerprint density at radius 1 is 1.25 bits per heavy atom. The molecule has 2 aliphatic heterocycles. The third-order valence-electron chi connectivity index (χ3n) is 4.68. The summed E-state index contributed by atoms with van der Waals surface area (Å²) in [6.45, 7) is 6.61. The van der Waals surface area contributed by atoms with Gasteiger partial charge in [-0.1, -0.05) is 24.1 Å². The van der Waals surface area contributed by atoms with Gasteiger partial charge >= 0.3 is 0 Å². The first-order chi connectivity index (χ1) is 9.65. The van der Waals surface area contributed by atoms with Crippen LogP contribution in [-0.4, -0.2) is 37.1 Å². The van der Waals surface area contributed by atoms with Gasteiger partial charge in [-0.25, -0.2) is 0 Å². The van der Waals surface area contributed by atoms with Gasteiger partial charge in [0.2, 0.25) is 0 Å². The summed E-state index contributed by atoms with van der Waals surface area (Å²) in [5.41, 5.74) is 8.19. The van der Waals surface area contributed by atoms with Gasteiger partial charge in [0.05, 0.1) is 10.7 Å². The Bertz CT molecular complexity index is 475. The molecule has 2 aliphatic rings. The van der Waals surface area contributed by atoms with Crippen LogP contribution in [0.3, 0.4) is 0 Å². The summed E-state index contributed by atoms with van der Waals surface area (Å²) in [5, 5.41) is 0.837. The molecule has 1 aromatic carbocycles. The van der Waals surface area contributed by atoms with Crippen LogP contribution in [0.25, 0.3) is 0 Å². The highest BCUT2D eigenvalue weighted by atomic mass is 35.5. The predicted molar refractivity (Wildman–Crippen MR) is 85.5 cm³/mol. The fourth-order valence-electron chi connectivity index (χ4n) is 3.44. The van der Waals surface area contributed by atoms with Gasteiger partial charge in [0.15, 0.2) is 0 Å². The SMILES string of the molecule is CC(N)c1ccc(N2CCN3CCCCC3C2)c(Cl)c1. The summed E-state index contributed by atoms with van der Waals surface area (Å²) >= 11 is 6.47. The standard InChI is InChI=1S/C16H24ClN3/c1-12(18)13-5-6-16(15(17)10-13)20-9-8-19-7-3-2-4-14(19)11-20/h5-6,10,12,14H,2-4,7-9,11,18H2,1H3. The van der Waals surface area contributed by atoms with E-state index >= 15 is 0 Å². The number of rotatable bonds is 2. The molecule has 3 nitrogen and oxygen atoms in total. The molecular weight excluding hydrogens is 270 g/mol. The fourth-order valence-corrected chi connectivity index (χ4v) is 3.75. The zero-order valence-corrected chi connectivity index (χ0v) is 12.9. The first-order valence-corrected chi connectivity index (χ1v) is 8.07. The van der Waals surface area contributed by atoms with Crippen molar-refractivity contribution in [2.75, 3.05) is 31.1 Å². The van der Waals surface area contributed by atoms with Crippen LogP contribution in [0.15, 0.2) is 18.2 Å². The van der Waals surface area contributed by atoms with Crippen molar-refractivity contribution in [3.63, 3.8) is 0 Å². The molecule has 0 amide bonds. The number of anilines is 1. The average molecular weight is 294 g/mol. The number of fused-ring (bicyclic) bond motifs is 1. The molecule has 0 saturated carbocycles. The molecule has 0 aromatic heterocycles. The molecule has 0 radical (unpaired) electrons. The first kappa shape index (κ1) is 14.2. The number of hydrogen-bond acceptors (Lipinski definition) is 3. The zero-order chi connectivity index (χ0) is 14.1. The summed E-state index contributed by atoms with van der Waals surface area (Å²) in [7, 11) is 0. The normalized spacial score (nSPS) is 25.4. The summed E-state index contributed by atoms with van der Waals surface area (Å²) in [4.78, 5) is 5.09. The Kier molecular flexibility index (Phi) is 4.20. The quantitative estimate of drug-likeness (QED) is 0.910. The second-order valence-corrected chi connectivity index (χ2v) is 6.54. The van der Waals surface area contributed by atoms with Gasteiger partial charge in [0.25, 0.3) is 0 Å². The van der Waals surface area contributed by atoms with Crippen LogP contribution in [0.1, 0.15) is 37.8 Å². The van der Waals surface area contributed by atoms with Crippen LogP contribution in [-0.2, 0) is 0 Å². The van der Waals surface area contributed by atoms with E-state index in [1.54, 1.807) is 0 Å². The number of halogens is 1. The highest BCUT2D eigenvalue weighted by Crippen LogP contribution is 2.31. The number of piperazine rings is 1. The van der Waals surface area contributed by atoms with Crippen molar-refractivity contribution in [1.29, 1.82) is 0 Å². The van der Waals surface area contributed by atoms with Crippen molar-refractivity contribution in [1.82, 2.24) is 4.90 Å². The molecule has 4 heteroatoms. The molecule has 2 saturated heterocycles. The van der Waals surface area contributed by atoms with Crippen molar-refractivity contribution < 1.29 is 0 Å². The lowest BCUT2D eigenvalue weighted by atomic mass is 9.99. The molecule has 1 aromatic rings. The topological polar surface area (TPSA) is 32.5 Å². The van der Waals surface area contributed by atoms with E-state index in [-0.39, 0.29) is 6.04 Å². The van der Waals surface area contributed by atoms with E-state index in [4.69, 9.17) is 17.3 Å². The molecule has 2 heterocycles. The lowest BCUT2D eigenvalue weighted by Crippen LogP contribution is -2.55. The van der Waals surface area contributed by atoms with E-state index < -0.39 is 0 Å². The van der Waals surface area contributed by atoms with Crippen LogP contribution in [0, 0.1) is 0 Å². The number of nitrogens with two attached hydrogens (primary N) is 1. The van der Waals surface area contributed by atoms with Crippen molar-refractivity contribution in [3.05, 3.63) is 28.8 Å². The minimum Gasteiger partial charge on any atom is -0.367 e. The Balaban J connectivity index is 1.76. The van der Waals surface area contributed by atoms with E-state index in [9.17, 15) is 0 Å². The van der Waals surface area contributed by atoms with E-state index in [0.717, 1.165) is 30.2 Å². The van der Waals surface area contributed by atoms with Crippen molar-refractivity contribution in [2.24, 2.45) is 5.73 Å². The molecular formula is C16H24ClN3. The minimum absolute atomic E-state index is 0.0386. The molecule has 110 valence electrons. The van der Waals surface area contributed by atoms with E-state index in [0.29, 0.717) is 6.04 Å². The van der Waals surface area contributed by atoms with E-state index in [1.165, 1.54) is 31.5 Å². The number of benzene rings is 1. The molecule has 20 heavy (non-hydrogen) atoms. The molecule has 3 rings (SSSR count). The molecule has 2 atom stereocenters. The Morgan fingerprint density at radius 2 is 2.10 bits per heavy atom. The van der Waals surface area contributed by atoms with Crippen molar-refractivity contribution >= 4 is 17.3 Å². The molecule has 0 aliphatic carbocycles. The monoisotopic (exact) mass is 293 g/mol. The second-order valence-electron chi connectivity index (χ2n) is 6.13. The third-order valence-corrected chi connectivity index (χ3v) is 4.98. The van der Waals surface area contributed by atoms with Crippen LogP contribution >= 0.6 is 11.6 Å². The van der Waals surface area contributed by atoms with Gasteiger partial charge in [0.1, 0.15) is 0 Å². The van der Waals surface area contributed by atoms with Gasteiger partial charge in [-0.05, 0) is 44.0 Å². The lowest BCUT2D eigenvalue weighted by Gasteiger charge is -2.45. The largest absolute Gasteiger partial charge is 0.367 e. The maximum atomic E-state index is 6.47. The second kappa shape index (κ2) is 5.92. The lowest BCUT2D eigenvalue weighted by molar-refractivity contribution is 0.133. The highest BCUT2D eigenvalue weighted by molar-refractivity contribution is 6.33. The molecule has 2 N–H and O–H groups in total. The number of piperidine rings is 1. The maximum Gasteiger partial charge on any atom is 0.0642 e. The zero-order valence-electron chi connectivity index (χ0n) is 12.2. The summed E-state index contributed by atoms with van der Waals surface area (Å²) < 4.78 is 0. The van der Waals surface area contributed by atoms with E-state index in [1.807, 2.05) is 13.0 Å². The van der Waals surface area contributed by atoms with Crippen molar-refractivity contribution in [2.45, 2.75) is 38.3 Å². The summed E-state index contributed by atoms with van der Waals surface area (Å²) in [6.07, 6.45) is 4.05. The first-order valence-electron chi connectivity index (χ1n) is 7.69. The van der Waals surface area contributed by atoms with Crippen LogP contribution in [0.5, 0.6) is 0 Å². The van der Waals surface area contributed by atoms with Crippen molar-refractivity contribution in [3.8, 4) is 0 Å². The average Bonchev–Trinajstić information content (AvgIpc) is 2.46. The smallest absolute Gasteiger partial charge is 0.0642 e. The predicted octanol–water partition coefficient (Wildman–Crippen LogP) is 3.03. The van der Waals surface area contributed by atoms with Gasteiger partial charge < -0.3 is 10.6 Å².